The van der Waals surface area contributed by atoms with Gasteiger partial charge in [-0.1, -0.05) is 18.0 Å². The minimum atomic E-state index is -0.865. The van der Waals surface area contributed by atoms with Gasteiger partial charge in [0.15, 0.2) is 5.82 Å². The van der Waals surface area contributed by atoms with Gasteiger partial charge in [0.2, 0.25) is 11.8 Å². The van der Waals surface area contributed by atoms with Gasteiger partial charge >= 0.3 is 5.97 Å². The fourth-order valence-corrected chi connectivity index (χ4v) is 4.95. The molecule has 3 fully saturated rings. The Hall–Kier alpha value is -1.96. The third-order valence-corrected chi connectivity index (χ3v) is 6.64. The highest BCUT2D eigenvalue weighted by molar-refractivity contribution is 5.88. The van der Waals surface area contributed by atoms with Crippen LogP contribution in [0.25, 0.3) is 0 Å². The number of carbonyl (C=O) groups is 2. The summed E-state index contributed by atoms with van der Waals surface area (Å²) >= 11 is 0. The normalized spacial score (nSPS) is 26.9. The highest BCUT2D eigenvalue weighted by atomic mass is 16.5. The molecular weight excluding hydrogens is 336 g/mol. The van der Waals surface area contributed by atoms with E-state index in [1.54, 1.807) is 11.9 Å². The molecule has 3 aliphatic rings. The predicted molar refractivity (Wildman–Crippen MR) is 91.3 cm³/mol. The zero-order chi connectivity index (χ0) is 18.3. The molecule has 8 heteroatoms. The molecule has 0 unspecified atom stereocenters. The second kappa shape index (κ2) is 6.64. The smallest absolute Gasteiger partial charge is 0.309 e. The number of aliphatic carboxylic acids is 1. The third kappa shape index (κ3) is 2.90. The van der Waals surface area contributed by atoms with Crippen molar-refractivity contribution < 1.29 is 19.2 Å². The van der Waals surface area contributed by atoms with Gasteiger partial charge < -0.3 is 14.5 Å². The molecule has 1 N–H and O–H groups in total. The number of carboxylic acids is 1. The van der Waals surface area contributed by atoms with Gasteiger partial charge in [-0.05, 0) is 25.7 Å². The molecule has 2 saturated heterocycles. The van der Waals surface area contributed by atoms with E-state index in [-0.39, 0.29) is 12.3 Å². The van der Waals surface area contributed by atoms with Crippen LogP contribution in [0.1, 0.15) is 62.6 Å². The first kappa shape index (κ1) is 17.5. The van der Waals surface area contributed by atoms with Crippen LogP contribution in [0, 0.1) is 5.92 Å². The molecule has 26 heavy (non-hydrogen) atoms. The Balaban J connectivity index is 1.39. The number of hydrogen-bond acceptors (Lipinski definition) is 6. The Morgan fingerprint density at radius 1 is 1.31 bits per heavy atom. The van der Waals surface area contributed by atoms with Crippen LogP contribution in [-0.2, 0) is 16.1 Å². The summed E-state index contributed by atoms with van der Waals surface area (Å²) in [7, 11) is 1.74. The number of carboxylic acid groups (broad SMARTS) is 1. The van der Waals surface area contributed by atoms with Crippen molar-refractivity contribution in [1.29, 1.82) is 0 Å². The van der Waals surface area contributed by atoms with E-state index in [1.165, 1.54) is 12.8 Å². The molecule has 1 aromatic heterocycles. The summed E-state index contributed by atoms with van der Waals surface area (Å²) in [5.74, 6) is 0.337. The van der Waals surface area contributed by atoms with Gasteiger partial charge in [0.1, 0.15) is 0 Å². The molecule has 1 amide bonds. The summed E-state index contributed by atoms with van der Waals surface area (Å²) in [5, 5.41) is 13.7. The van der Waals surface area contributed by atoms with Crippen LogP contribution in [-0.4, -0.2) is 62.6 Å². The summed E-state index contributed by atoms with van der Waals surface area (Å²) in [4.78, 5) is 32.2. The Kier molecular flexibility index (Phi) is 4.46. The minimum absolute atomic E-state index is 0.0646. The number of hydrogen-bond donors (Lipinski definition) is 1. The van der Waals surface area contributed by atoms with Crippen LogP contribution in [0.3, 0.4) is 0 Å². The molecule has 1 spiro atoms. The van der Waals surface area contributed by atoms with Crippen LogP contribution in [0.4, 0.5) is 0 Å². The molecule has 1 aromatic rings. The van der Waals surface area contributed by atoms with Gasteiger partial charge in [0, 0.05) is 32.5 Å². The van der Waals surface area contributed by atoms with Gasteiger partial charge in [0.05, 0.1) is 18.0 Å². The average Bonchev–Trinajstić information content (AvgIpc) is 3.34. The fourth-order valence-electron chi connectivity index (χ4n) is 4.95. The lowest BCUT2D eigenvalue weighted by atomic mass is 9.77. The minimum Gasteiger partial charge on any atom is -0.481 e. The maximum absolute atomic E-state index is 12.1. The van der Waals surface area contributed by atoms with Crippen LogP contribution in [0.2, 0.25) is 0 Å². The number of carbonyl (C=O) groups excluding carboxylic acids is 1. The lowest BCUT2D eigenvalue weighted by molar-refractivity contribution is -0.146. The maximum Gasteiger partial charge on any atom is 0.309 e. The van der Waals surface area contributed by atoms with Crippen molar-refractivity contribution in [3.8, 4) is 0 Å². The van der Waals surface area contributed by atoms with E-state index in [2.05, 4.69) is 15.0 Å². The summed E-state index contributed by atoms with van der Waals surface area (Å²) in [6.45, 7) is 2.07. The average molecular weight is 362 g/mol. The molecular formula is C18H26N4O4. The maximum atomic E-state index is 12.1. The van der Waals surface area contributed by atoms with Crippen molar-refractivity contribution >= 4 is 11.9 Å². The first-order valence-electron chi connectivity index (χ1n) is 9.54. The Morgan fingerprint density at radius 2 is 2.00 bits per heavy atom. The summed E-state index contributed by atoms with van der Waals surface area (Å²) < 4.78 is 5.44. The van der Waals surface area contributed by atoms with Gasteiger partial charge in [-0.3, -0.25) is 14.5 Å². The molecule has 2 aliphatic heterocycles. The van der Waals surface area contributed by atoms with Crippen LogP contribution in [0.15, 0.2) is 4.52 Å². The second-order valence-corrected chi connectivity index (χ2v) is 7.96. The van der Waals surface area contributed by atoms with E-state index >= 15 is 0 Å². The number of rotatable bonds is 4. The molecule has 0 bridgehead atoms. The summed E-state index contributed by atoms with van der Waals surface area (Å²) in [6, 6.07) is 0. The Labute approximate surface area is 152 Å². The van der Waals surface area contributed by atoms with Crippen molar-refractivity contribution in [2.45, 2.75) is 62.9 Å². The zero-order valence-corrected chi connectivity index (χ0v) is 15.2. The molecule has 0 radical (unpaired) electrons. The molecule has 3 heterocycles. The largest absolute Gasteiger partial charge is 0.481 e. The van der Waals surface area contributed by atoms with E-state index in [9.17, 15) is 14.7 Å². The molecule has 8 nitrogen and oxygen atoms in total. The predicted octanol–water partition coefficient (Wildman–Crippen LogP) is 1.62. The topological polar surface area (TPSA) is 99.8 Å². The zero-order valence-electron chi connectivity index (χ0n) is 15.2. The standard InChI is InChI=1S/C18H26N4O4/c1-21-15(23)10-13(17(24)25)18(21)6-8-22(9-7-18)11-14-19-16(26-20-14)12-4-2-3-5-12/h12-13H,2-11H2,1H3,(H,24,25)/t13-/m0/s1. The highest BCUT2D eigenvalue weighted by Gasteiger charge is 2.55. The van der Waals surface area contributed by atoms with E-state index in [1.807, 2.05) is 0 Å². The summed E-state index contributed by atoms with van der Waals surface area (Å²) in [5.41, 5.74) is -0.550. The molecule has 4 rings (SSSR count). The summed E-state index contributed by atoms with van der Waals surface area (Å²) in [6.07, 6.45) is 6.16. The van der Waals surface area contributed by atoms with Gasteiger partial charge in [0.25, 0.3) is 0 Å². The second-order valence-electron chi connectivity index (χ2n) is 7.96. The monoisotopic (exact) mass is 362 g/mol. The van der Waals surface area contributed by atoms with E-state index < -0.39 is 17.4 Å². The molecule has 1 atom stereocenters. The fraction of sp³-hybridized carbons (Fsp3) is 0.778. The van der Waals surface area contributed by atoms with Crippen LogP contribution < -0.4 is 0 Å². The number of aromatic nitrogens is 2. The lowest BCUT2D eigenvalue weighted by Crippen LogP contribution is -2.56. The number of likely N-dealkylation sites (tertiary alicyclic amines) is 2. The van der Waals surface area contributed by atoms with E-state index in [4.69, 9.17) is 4.52 Å². The number of amides is 1. The third-order valence-electron chi connectivity index (χ3n) is 6.64. The Bertz CT molecular complexity index is 689. The van der Waals surface area contributed by atoms with Gasteiger partial charge in [-0.2, -0.15) is 4.98 Å². The number of nitrogens with zero attached hydrogens (tertiary/aromatic N) is 4. The van der Waals surface area contributed by atoms with Crippen molar-refractivity contribution in [3.05, 3.63) is 11.7 Å². The van der Waals surface area contributed by atoms with E-state index in [0.29, 0.717) is 31.1 Å². The van der Waals surface area contributed by atoms with Crippen molar-refractivity contribution in [3.63, 3.8) is 0 Å². The highest BCUT2D eigenvalue weighted by Crippen LogP contribution is 2.43. The molecule has 142 valence electrons. The molecule has 0 aromatic carbocycles. The van der Waals surface area contributed by atoms with Crippen molar-refractivity contribution in [2.24, 2.45) is 5.92 Å². The number of piperidine rings is 1. The van der Waals surface area contributed by atoms with E-state index in [0.717, 1.165) is 31.8 Å². The Morgan fingerprint density at radius 3 is 2.65 bits per heavy atom. The van der Waals surface area contributed by atoms with Crippen LogP contribution in [0.5, 0.6) is 0 Å². The van der Waals surface area contributed by atoms with Crippen LogP contribution >= 0.6 is 0 Å². The SMILES string of the molecule is CN1C(=O)C[C@@H](C(=O)O)C12CCN(Cc1noc(C3CCCC3)n1)CC2. The van der Waals surface area contributed by atoms with Crippen molar-refractivity contribution in [1.82, 2.24) is 19.9 Å². The first-order valence-corrected chi connectivity index (χ1v) is 9.54. The van der Waals surface area contributed by atoms with Gasteiger partial charge in [-0.15, -0.1) is 0 Å². The molecule has 1 saturated carbocycles. The van der Waals surface area contributed by atoms with Crippen molar-refractivity contribution in [2.75, 3.05) is 20.1 Å². The lowest BCUT2D eigenvalue weighted by Gasteiger charge is -2.45. The van der Waals surface area contributed by atoms with Gasteiger partial charge in [-0.25, -0.2) is 0 Å². The quantitative estimate of drug-likeness (QED) is 0.869. The first-order chi connectivity index (χ1) is 12.5. The molecule has 1 aliphatic carbocycles.